The summed E-state index contributed by atoms with van der Waals surface area (Å²) < 4.78 is 3.37. The molecule has 0 fully saturated rings. The van der Waals surface area contributed by atoms with Gasteiger partial charge in [-0.15, -0.1) is 0 Å². The maximum atomic E-state index is 13.1. The molecule has 0 radical (unpaired) electrons. The lowest BCUT2D eigenvalue weighted by Crippen LogP contribution is -2.39. The van der Waals surface area contributed by atoms with Crippen LogP contribution in [0.5, 0.6) is 0 Å². The minimum absolute atomic E-state index is 0.103. The predicted molar refractivity (Wildman–Crippen MR) is 120 cm³/mol. The lowest BCUT2D eigenvalue weighted by atomic mass is 10.2. The van der Waals surface area contributed by atoms with Gasteiger partial charge in [-0.2, -0.15) is 0 Å². The molecule has 0 aliphatic carbocycles. The molecule has 1 aromatic carbocycles. The number of amides is 1. The number of pyridine rings is 2. The molecule has 0 aliphatic rings. The van der Waals surface area contributed by atoms with Crippen LogP contribution in [-0.2, 0) is 20.1 Å². The van der Waals surface area contributed by atoms with Gasteiger partial charge in [-0.1, -0.05) is 28.1 Å². The van der Waals surface area contributed by atoms with Crippen LogP contribution in [0.1, 0.15) is 21.6 Å². The Morgan fingerprint density at radius 1 is 1.10 bits per heavy atom. The number of aryl methyl sites for hydroxylation is 1. The molecule has 0 saturated carbocycles. The first kappa shape index (κ1) is 20.7. The summed E-state index contributed by atoms with van der Waals surface area (Å²) in [5.41, 5.74) is 1.25. The number of halogens is 1. The number of benzene rings is 1. The van der Waals surface area contributed by atoms with Gasteiger partial charge in [0.1, 0.15) is 5.69 Å². The monoisotopic (exact) mass is 479 g/mol. The fraction of sp³-hybridized carbons (Fsp3) is 0.136. The zero-order chi connectivity index (χ0) is 22.0. The highest BCUT2D eigenvalue weighted by Gasteiger charge is 2.15. The average Bonchev–Trinajstić information content (AvgIpc) is 2.79. The Kier molecular flexibility index (Phi) is 5.77. The van der Waals surface area contributed by atoms with Gasteiger partial charge in [0.25, 0.3) is 11.5 Å². The van der Waals surface area contributed by atoms with Gasteiger partial charge in [0.2, 0.25) is 0 Å². The van der Waals surface area contributed by atoms with E-state index >= 15 is 0 Å². The van der Waals surface area contributed by atoms with Crippen LogP contribution in [0.2, 0.25) is 0 Å². The van der Waals surface area contributed by atoms with E-state index < -0.39 is 17.2 Å². The smallest absolute Gasteiger partial charge is 0.331 e. The Balaban J connectivity index is 1.70. The number of aromatic nitrogens is 4. The van der Waals surface area contributed by atoms with Crippen LogP contribution in [0.15, 0.2) is 75.1 Å². The van der Waals surface area contributed by atoms with Crippen LogP contribution in [-0.4, -0.2) is 25.0 Å². The molecule has 0 aliphatic heterocycles. The summed E-state index contributed by atoms with van der Waals surface area (Å²) >= 11 is 3.40. The standard InChI is InChI=1S/C22H18BrN5O3/c1-27-19-12-25-18(20(29)26-11-14-5-7-24-8-6-14)10-17(19)21(30)28(22(27)31)13-15-3-2-4-16(23)9-15/h2-10,12H,11,13H2,1H3,(H,26,29). The Morgan fingerprint density at radius 2 is 1.87 bits per heavy atom. The van der Waals surface area contributed by atoms with Gasteiger partial charge in [-0.05, 0) is 41.5 Å². The van der Waals surface area contributed by atoms with Crippen molar-refractivity contribution in [3.63, 3.8) is 0 Å². The summed E-state index contributed by atoms with van der Waals surface area (Å²) in [6.07, 6.45) is 4.66. The molecule has 8 nitrogen and oxygen atoms in total. The van der Waals surface area contributed by atoms with Crippen LogP contribution in [0.25, 0.3) is 10.9 Å². The first-order valence-corrected chi connectivity index (χ1v) is 10.2. The van der Waals surface area contributed by atoms with Gasteiger partial charge in [-0.25, -0.2) is 9.78 Å². The van der Waals surface area contributed by atoms with Crippen LogP contribution in [0.4, 0.5) is 0 Å². The predicted octanol–water partition coefficient (Wildman–Crippen LogP) is 2.23. The third-order valence-corrected chi connectivity index (χ3v) is 5.40. The average molecular weight is 480 g/mol. The molecule has 156 valence electrons. The summed E-state index contributed by atoms with van der Waals surface area (Å²) in [5, 5.41) is 3.03. The molecule has 31 heavy (non-hydrogen) atoms. The van der Waals surface area contributed by atoms with E-state index in [9.17, 15) is 14.4 Å². The molecular weight excluding hydrogens is 462 g/mol. The van der Waals surface area contributed by atoms with Crippen LogP contribution >= 0.6 is 15.9 Å². The maximum absolute atomic E-state index is 13.1. The first-order valence-electron chi connectivity index (χ1n) is 9.45. The van der Waals surface area contributed by atoms with Gasteiger partial charge in [0.05, 0.1) is 23.6 Å². The molecule has 0 unspecified atom stereocenters. The van der Waals surface area contributed by atoms with Crippen LogP contribution in [0, 0.1) is 0 Å². The topological polar surface area (TPSA) is 98.9 Å². The SMILES string of the molecule is Cn1c(=O)n(Cc2cccc(Br)c2)c(=O)c2cc(C(=O)NCc3ccncc3)ncc21. The largest absolute Gasteiger partial charge is 0.347 e. The molecule has 3 aromatic heterocycles. The van der Waals surface area contributed by atoms with Crippen LogP contribution < -0.4 is 16.6 Å². The van der Waals surface area contributed by atoms with Gasteiger partial charge in [0, 0.05) is 30.5 Å². The summed E-state index contributed by atoms with van der Waals surface area (Å²) in [6, 6.07) is 12.4. The second-order valence-electron chi connectivity index (χ2n) is 6.99. The lowest BCUT2D eigenvalue weighted by molar-refractivity contribution is 0.0946. The molecular formula is C22H18BrN5O3. The van der Waals surface area contributed by atoms with Gasteiger partial charge >= 0.3 is 5.69 Å². The molecule has 1 N–H and O–H groups in total. The van der Waals surface area contributed by atoms with E-state index in [0.717, 1.165) is 20.2 Å². The van der Waals surface area contributed by atoms with Crippen molar-refractivity contribution in [3.05, 3.63) is 103 Å². The number of carbonyl (C=O) groups excluding carboxylic acids is 1. The normalized spacial score (nSPS) is 10.9. The highest BCUT2D eigenvalue weighted by atomic mass is 79.9. The van der Waals surface area contributed by atoms with E-state index in [2.05, 4.69) is 31.2 Å². The van der Waals surface area contributed by atoms with Crippen molar-refractivity contribution in [2.24, 2.45) is 7.05 Å². The molecule has 0 atom stereocenters. The number of hydrogen-bond acceptors (Lipinski definition) is 5. The number of nitrogens with one attached hydrogen (secondary N) is 1. The number of fused-ring (bicyclic) bond motifs is 1. The molecule has 1 amide bonds. The number of rotatable bonds is 5. The van der Waals surface area contributed by atoms with E-state index in [1.54, 1.807) is 31.6 Å². The van der Waals surface area contributed by atoms with E-state index in [1.807, 2.05) is 24.3 Å². The zero-order valence-corrected chi connectivity index (χ0v) is 18.2. The van der Waals surface area contributed by atoms with Crippen LogP contribution in [0.3, 0.4) is 0 Å². The minimum Gasteiger partial charge on any atom is -0.347 e. The quantitative estimate of drug-likeness (QED) is 0.473. The highest BCUT2D eigenvalue weighted by molar-refractivity contribution is 9.10. The summed E-state index contributed by atoms with van der Waals surface area (Å²) in [7, 11) is 1.58. The number of nitrogens with zero attached hydrogens (tertiary/aromatic N) is 4. The van der Waals surface area contributed by atoms with Crippen molar-refractivity contribution in [2.75, 3.05) is 0 Å². The number of hydrogen-bond donors (Lipinski definition) is 1. The van der Waals surface area contributed by atoms with Gasteiger partial charge in [0.15, 0.2) is 0 Å². The first-order chi connectivity index (χ1) is 14.9. The van der Waals surface area contributed by atoms with E-state index in [4.69, 9.17) is 0 Å². The van der Waals surface area contributed by atoms with Gasteiger partial charge < -0.3 is 5.32 Å². The highest BCUT2D eigenvalue weighted by Crippen LogP contribution is 2.13. The molecule has 3 heterocycles. The summed E-state index contributed by atoms with van der Waals surface area (Å²) in [5.74, 6) is -0.412. The fourth-order valence-electron chi connectivity index (χ4n) is 3.26. The van der Waals surface area contributed by atoms with Crippen molar-refractivity contribution >= 4 is 32.7 Å². The van der Waals surface area contributed by atoms with Gasteiger partial charge in [-0.3, -0.25) is 23.7 Å². The van der Waals surface area contributed by atoms with Crippen molar-refractivity contribution in [1.29, 1.82) is 0 Å². The van der Waals surface area contributed by atoms with E-state index in [0.29, 0.717) is 12.1 Å². The number of carbonyl (C=O) groups is 1. The Bertz CT molecular complexity index is 1400. The molecule has 9 heteroatoms. The van der Waals surface area contributed by atoms with Crippen molar-refractivity contribution in [3.8, 4) is 0 Å². The lowest BCUT2D eigenvalue weighted by Gasteiger charge is -2.12. The van der Waals surface area contributed by atoms with E-state index in [-0.39, 0.29) is 17.6 Å². The minimum atomic E-state index is -0.469. The molecule has 4 rings (SSSR count). The Hall–Kier alpha value is -3.59. The molecule has 0 saturated heterocycles. The second-order valence-corrected chi connectivity index (χ2v) is 7.90. The summed E-state index contributed by atoms with van der Waals surface area (Å²) in [4.78, 5) is 46.5. The second kappa shape index (κ2) is 8.65. The third kappa shape index (κ3) is 4.31. The summed E-state index contributed by atoms with van der Waals surface area (Å²) in [6.45, 7) is 0.425. The molecule has 4 aromatic rings. The maximum Gasteiger partial charge on any atom is 0.331 e. The molecule has 0 spiro atoms. The van der Waals surface area contributed by atoms with Crippen molar-refractivity contribution in [2.45, 2.75) is 13.1 Å². The third-order valence-electron chi connectivity index (χ3n) is 4.90. The van der Waals surface area contributed by atoms with Crippen molar-refractivity contribution < 1.29 is 4.79 Å². The molecule has 0 bridgehead atoms. The Morgan fingerprint density at radius 3 is 2.61 bits per heavy atom. The Labute approximate surface area is 185 Å². The van der Waals surface area contributed by atoms with E-state index in [1.165, 1.54) is 16.8 Å². The fourth-order valence-corrected chi connectivity index (χ4v) is 3.70. The zero-order valence-electron chi connectivity index (χ0n) is 16.6. The van der Waals surface area contributed by atoms with Crippen molar-refractivity contribution in [1.82, 2.24) is 24.4 Å².